The number of nitrogens with two attached hydrogens (primary N) is 1. The van der Waals surface area contributed by atoms with Crippen molar-refractivity contribution in [2.45, 2.75) is 26.2 Å². The first-order chi connectivity index (χ1) is 10.2. The van der Waals surface area contributed by atoms with Gasteiger partial charge in [0, 0.05) is 19.8 Å². The molecule has 5 heteroatoms. The highest BCUT2D eigenvalue weighted by atomic mass is 16.5. The number of hydrogen-bond acceptors (Lipinski definition) is 4. The van der Waals surface area contributed by atoms with Crippen LogP contribution in [0.2, 0.25) is 0 Å². The second-order valence-electron chi connectivity index (χ2n) is 5.28. The highest BCUT2D eigenvalue weighted by Crippen LogP contribution is 2.28. The Labute approximate surface area is 125 Å². The minimum Gasteiger partial charge on any atom is -0.491 e. The number of benzene rings is 1. The molecule has 1 amide bonds. The Bertz CT molecular complexity index is 473. The number of carbonyl (C=O) groups excluding carboxylic acids is 1. The molecule has 1 fully saturated rings. The van der Waals surface area contributed by atoms with E-state index in [0.29, 0.717) is 36.8 Å². The van der Waals surface area contributed by atoms with Crippen molar-refractivity contribution in [2.75, 3.05) is 32.1 Å². The zero-order valence-electron chi connectivity index (χ0n) is 12.6. The van der Waals surface area contributed by atoms with Gasteiger partial charge in [0.05, 0.1) is 17.9 Å². The van der Waals surface area contributed by atoms with E-state index in [-0.39, 0.29) is 5.91 Å². The molecule has 1 aliphatic carbocycles. The molecular formula is C16H24N2O3. The van der Waals surface area contributed by atoms with Gasteiger partial charge in [0.15, 0.2) is 5.75 Å². The summed E-state index contributed by atoms with van der Waals surface area (Å²) in [6.45, 7) is 4.47. The van der Waals surface area contributed by atoms with Gasteiger partial charge in [-0.05, 0) is 44.2 Å². The Morgan fingerprint density at radius 2 is 2.24 bits per heavy atom. The lowest BCUT2D eigenvalue weighted by atomic mass is 10.1. The summed E-state index contributed by atoms with van der Waals surface area (Å²) in [6.07, 6.45) is 3.41. The number of nitrogens with one attached hydrogen (secondary N) is 1. The van der Waals surface area contributed by atoms with Crippen molar-refractivity contribution in [1.29, 1.82) is 0 Å². The van der Waals surface area contributed by atoms with Crippen LogP contribution in [-0.2, 0) is 4.74 Å². The van der Waals surface area contributed by atoms with Crippen LogP contribution < -0.4 is 15.8 Å². The van der Waals surface area contributed by atoms with Gasteiger partial charge >= 0.3 is 0 Å². The largest absolute Gasteiger partial charge is 0.491 e. The first kappa shape index (κ1) is 15.6. The molecule has 21 heavy (non-hydrogen) atoms. The van der Waals surface area contributed by atoms with Gasteiger partial charge < -0.3 is 20.5 Å². The van der Waals surface area contributed by atoms with Crippen LogP contribution in [0.4, 0.5) is 5.69 Å². The minimum absolute atomic E-state index is 0.159. The van der Waals surface area contributed by atoms with E-state index in [4.69, 9.17) is 15.2 Å². The summed E-state index contributed by atoms with van der Waals surface area (Å²) in [4.78, 5) is 12.2. The minimum atomic E-state index is -0.159. The predicted octanol–water partition coefficient (Wildman–Crippen LogP) is 2.21. The molecule has 5 nitrogen and oxygen atoms in total. The van der Waals surface area contributed by atoms with Crippen LogP contribution in [-0.4, -0.2) is 32.3 Å². The van der Waals surface area contributed by atoms with Crippen molar-refractivity contribution in [2.24, 2.45) is 5.92 Å². The van der Waals surface area contributed by atoms with Crippen LogP contribution in [0.15, 0.2) is 18.2 Å². The molecule has 0 heterocycles. The van der Waals surface area contributed by atoms with Crippen molar-refractivity contribution in [3.63, 3.8) is 0 Å². The summed E-state index contributed by atoms with van der Waals surface area (Å²) in [6, 6.07) is 5.21. The number of ether oxygens (including phenoxy) is 2. The quantitative estimate of drug-likeness (QED) is 0.540. The molecule has 1 aliphatic rings. The molecule has 116 valence electrons. The second kappa shape index (κ2) is 7.88. The zero-order valence-corrected chi connectivity index (χ0v) is 12.6. The molecule has 0 radical (unpaired) electrons. The van der Waals surface area contributed by atoms with E-state index in [1.54, 1.807) is 18.2 Å². The second-order valence-corrected chi connectivity index (χ2v) is 5.28. The molecule has 0 aliphatic heterocycles. The summed E-state index contributed by atoms with van der Waals surface area (Å²) >= 11 is 0. The van der Waals surface area contributed by atoms with Crippen LogP contribution in [0, 0.1) is 5.92 Å². The molecule has 0 aromatic heterocycles. The Hall–Kier alpha value is -1.75. The van der Waals surface area contributed by atoms with Crippen LogP contribution in [0.25, 0.3) is 0 Å². The monoisotopic (exact) mass is 292 g/mol. The topological polar surface area (TPSA) is 73.6 Å². The molecule has 0 saturated heterocycles. The molecule has 0 bridgehead atoms. The Kier molecular flexibility index (Phi) is 5.87. The molecule has 0 spiro atoms. The number of hydrogen-bond donors (Lipinski definition) is 2. The van der Waals surface area contributed by atoms with Crippen molar-refractivity contribution in [1.82, 2.24) is 5.32 Å². The van der Waals surface area contributed by atoms with Crippen molar-refractivity contribution in [3.05, 3.63) is 23.8 Å². The molecule has 0 unspecified atom stereocenters. The lowest BCUT2D eigenvalue weighted by Gasteiger charge is -2.12. The Balaban J connectivity index is 1.75. The lowest BCUT2D eigenvalue weighted by molar-refractivity contribution is 0.0934. The maximum Gasteiger partial charge on any atom is 0.255 e. The van der Waals surface area contributed by atoms with Crippen LogP contribution in [0.5, 0.6) is 5.75 Å². The third-order valence-corrected chi connectivity index (χ3v) is 3.38. The molecule has 0 atom stereocenters. The average Bonchev–Trinajstić information content (AvgIpc) is 3.29. The number of rotatable bonds is 9. The van der Waals surface area contributed by atoms with E-state index in [9.17, 15) is 4.79 Å². The third kappa shape index (κ3) is 4.93. The molecule has 2 rings (SSSR count). The normalized spacial score (nSPS) is 14.0. The van der Waals surface area contributed by atoms with E-state index in [1.165, 1.54) is 12.8 Å². The van der Waals surface area contributed by atoms with Gasteiger partial charge in [-0.3, -0.25) is 4.79 Å². The summed E-state index contributed by atoms with van der Waals surface area (Å²) in [7, 11) is 0. The van der Waals surface area contributed by atoms with Crippen molar-refractivity contribution in [3.8, 4) is 5.75 Å². The van der Waals surface area contributed by atoms with E-state index < -0.39 is 0 Å². The predicted molar refractivity (Wildman–Crippen MR) is 82.5 cm³/mol. The molecule has 1 aromatic rings. The van der Waals surface area contributed by atoms with E-state index in [0.717, 1.165) is 18.9 Å². The fraction of sp³-hybridized carbons (Fsp3) is 0.562. The van der Waals surface area contributed by atoms with Gasteiger partial charge in [-0.1, -0.05) is 6.07 Å². The Morgan fingerprint density at radius 1 is 1.43 bits per heavy atom. The van der Waals surface area contributed by atoms with Crippen molar-refractivity contribution < 1.29 is 14.3 Å². The average molecular weight is 292 g/mol. The maximum absolute atomic E-state index is 12.2. The summed E-state index contributed by atoms with van der Waals surface area (Å²) in [5.41, 5.74) is 6.81. The third-order valence-electron chi connectivity index (χ3n) is 3.38. The van der Waals surface area contributed by atoms with E-state index in [1.807, 2.05) is 6.92 Å². The van der Waals surface area contributed by atoms with E-state index in [2.05, 4.69) is 5.32 Å². The molecule has 1 saturated carbocycles. The molecular weight excluding hydrogens is 268 g/mol. The van der Waals surface area contributed by atoms with Gasteiger partial charge in [0.1, 0.15) is 0 Å². The van der Waals surface area contributed by atoms with Crippen molar-refractivity contribution >= 4 is 11.6 Å². The van der Waals surface area contributed by atoms with Gasteiger partial charge in [-0.25, -0.2) is 0 Å². The summed E-state index contributed by atoms with van der Waals surface area (Å²) in [5, 5.41) is 2.87. The van der Waals surface area contributed by atoms with Crippen LogP contribution in [0.1, 0.15) is 36.5 Å². The number of carbonyl (C=O) groups is 1. The van der Waals surface area contributed by atoms with Crippen LogP contribution in [0.3, 0.4) is 0 Å². The van der Waals surface area contributed by atoms with E-state index >= 15 is 0 Å². The van der Waals surface area contributed by atoms with Gasteiger partial charge in [-0.15, -0.1) is 0 Å². The molecule has 1 aromatic carbocycles. The maximum atomic E-state index is 12.2. The first-order valence-electron chi connectivity index (χ1n) is 7.59. The Morgan fingerprint density at radius 3 is 2.95 bits per heavy atom. The molecule has 3 N–H and O–H groups in total. The summed E-state index contributed by atoms with van der Waals surface area (Å²) in [5.74, 6) is 1.08. The van der Waals surface area contributed by atoms with Gasteiger partial charge in [0.25, 0.3) is 5.91 Å². The number of nitrogen functional groups attached to an aromatic ring is 1. The number of anilines is 1. The standard InChI is InChI=1S/C16H24N2O3/c1-2-21-15-13(5-3-6-14(15)17)16(19)18-9-4-10-20-11-12-7-8-12/h3,5-6,12H,2,4,7-11,17H2,1H3,(H,18,19). The first-order valence-corrected chi connectivity index (χ1v) is 7.59. The number of amides is 1. The highest BCUT2D eigenvalue weighted by molar-refractivity contribution is 5.98. The smallest absolute Gasteiger partial charge is 0.255 e. The zero-order chi connectivity index (χ0) is 15.1. The fourth-order valence-corrected chi connectivity index (χ4v) is 2.04. The van der Waals surface area contributed by atoms with Gasteiger partial charge in [0.2, 0.25) is 0 Å². The summed E-state index contributed by atoms with van der Waals surface area (Å²) < 4.78 is 11.0. The highest BCUT2D eigenvalue weighted by Gasteiger charge is 2.20. The fourth-order valence-electron chi connectivity index (χ4n) is 2.04. The number of para-hydroxylation sites is 1. The SMILES string of the molecule is CCOc1c(N)cccc1C(=O)NCCCOCC1CC1. The lowest BCUT2D eigenvalue weighted by Crippen LogP contribution is -2.26. The van der Waals surface area contributed by atoms with Gasteiger partial charge in [-0.2, -0.15) is 0 Å². The van der Waals surface area contributed by atoms with Crippen LogP contribution >= 0.6 is 0 Å².